The van der Waals surface area contributed by atoms with Crippen LogP contribution in [-0.2, 0) is 4.79 Å². The van der Waals surface area contributed by atoms with E-state index in [9.17, 15) is 4.79 Å². The molecule has 7 heteroatoms. The highest BCUT2D eigenvalue weighted by molar-refractivity contribution is 7.99. The molecule has 1 amide bonds. The normalized spacial score (nSPS) is 25.2. The van der Waals surface area contributed by atoms with Crippen LogP contribution in [0.25, 0.3) is 0 Å². The molecule has 0 aliphatic carbocycles. The summed E-state index contributed by atoms with van der Waals surface area (Å²) in [5, 5.41) is 8.20. The fourth-order valence-corrected chi connectivity index (χ4v) is 1.90. The van der Waals surface area contributed by atoms with Crippen molar-refractivity contribution in [3.63, 3.8) is 0 Å². The van der Waals surface area contributed by atoms with Gasteiger partial charge in [-0.3, -0.25) is 15.4 Å². The van der Waals surface area contributed by atoms with E-state index >= 15 is 0 Å². The van der Waals surface area contributed by atoms with Gasteiger partial charge in [0.15, 0.2) is 0 Å². The van der Waals surface area contributed by atoms with E-state index in [1.54, 1.807) is 0 Å². The third kappa shape index (κ3) is 3.69. The predicted molar refractivity (Wildman–Crippen MR) is 60.5 cm³/mol. The fraction of sp³-hybridized carbons (Fsp3) is 0.750. The number of nitrogens with zero attached hydrogens (tertiary/aromatic N) is 1. The van der Waals surface area contributed by atoms with Crippen molar-refractivity contribution in [2.24, 2.45) is 5.10 Å². The van der Waals surface area contributed by atoms with Gasteiger partial charge >= 0.3 is 5.12 Å². The van der Waals surface area contributed by atoms with E-state index in [0.717, 1.165) is 13.1 Å². The van der Waals surface area contributed by atoms with Crippen LogP contribution in [0.4, 0.5) is 0 Å². The van der Waals surface area contributed by atoms with Crippen LogP contribution in [0.2, 0.25) is 0 Å². The first-order valence-corrected chi connectivity index (χ1v) is 6.11. The second-order valence-corrected chi connectivity index (χ2v) is 4.80. The summed E-state index contributed by atoms with van der Waals surface area (Å²) in [6, 6.07) is 0. The van der Waals surface area contributed by atoms with E-state index in [4.69, 9.17) is 0 Å². The monoisotopic (exact) mass is 233 g/mol. The van der Waals surface area contributed by atoms with Gasteiger partial charge in [0.05, 0.1) is 14.1 Å². The first-order chi connectivity index (χ1) is 7.08. The third-order valence-corrected chi connectivity index (χ3v) is 3.12. The standard InChI is InChI=1S/C8H17N5OS/c1-13(2)5-4-9-8(15-3)11-7(14)6-10-12-8/h6,9,12H,4-5H2,1-3H3,(H,11,14)/p+2/t8-/m1/s1. The van der Waals surface area contributed by atoms with Crippen molar-refractivity contribution in [1.82, 2.24) is 10.7 Å². The molecular weight excluding hydrogens is 214 g/mol. The second-order valence-electron chi connectivity index (χ2n) is 3.75. The smallest absolute Gasteiger partial charge is 0.316 e. The lowest BCUT2D eigenvalue weighted by molar-refractivity contribution is -0.879. The maximum absolute atomic E-state index is 11.2. The Kier molecular flexibility index (Phi) is 4.37. The molecule has 1 aliphatic heterocycles. The highest BCUT2D eigenvalue weighted by Gasteiger charge is 2.36. The highest BCUT2D eigenvalue weighted by atomic mass is 32.2. The summed E-state index contributed by atoms with van der Waals surface area (Å²) in [5.74, 6) is -0.156. The van der Waals surface area contributed by atoms with Gasteiger partial charge in [0.1, 0.15) is 19.3 Å². The van der Waals surface area contributed by atoms with Crippen LogP contribution in [0.1, 0.15) is 0 Å². The molecule has 1 aliphatic rings. The zero-order valence-corrected chi connectivity index (χ0v) is 10.1. The molecule has 5 N–H and O–H groups in total. The SMILES string of the molecule is CS[C@@]1([NH2+]CC[NH+](C)C)NN=CC(=O)N1. The molecule has 1 atom stereocenters. The first kappa shape index (κ1) is 12.3. The molecule has 0 saturated carbocycles. The lowest BCUT2D eigenvalue weighted by Gasteiger charge is -2.30. The van der Waals surface area contributed by atoms with E-state index < -0.39 is 5.12 Å². The lowest BCUT2D eigenvalue weighted by atomic mass is 10.5. The molecule has 0 fully saturated rings. The van der Waals surface area contributed by atoms with Crippen LogP contribution in [0.3, 0.4) is 0 Å². The lowest BCUT2D eigenvalue weighted by Crippen LogP contribution is -3.12. The minimum Gasteiger partial charge on any atom is -0.335 e. The van der Waals surface area contributed by atoms with Crippen molar-refractivity contribution in [3.8, 4) is 0 Å². The summed E-state index contributed by atoms with van der Waals surface area (Å²) in [7, 11) is 4.20. The van der Waals surface area contributed by atoms with E-state index in [1.165, 1.54) is 22.9 Å². The summed E-state index contributed by atoms with van der Waals surface area (Å²) >= 11 is 1.53. The molecule has 86 valence electrons. The Morgan fingerprint density at radius 3 is 2.93 bits per heavy atom. The Morgan fingerprint density at radius 2 is 2.40 bits per heavy atom. The van der Waals surface area contributed by atoms with Crippen LogP contribution < -0.4 is 21.0 Å². The van der Waals surface area contributed by atoms with Crippen LogP contribution >= 0.6 is 11.8 Å². The average molecular weight is 233 g/mol. The zero-order valence-electron chi connectivity index (χ0n) is 9.33. The third-order valence-electron chi connectivity index (χ3n) is 2.12. The number of rotatable bonds is 5. The van der Waals surface area contributed by atoms with Gasteiger partial charge in [0.2, 0.25) is 0 Å². The van der Waals surface area contributed by atoms with Gasteiger partial charge in [-0.25, -0.2) is 5.43 Å². The van der Waals surface area contributed by atoms with E-state index in [2.05, 4.69) is 35.3 Å². The van der Waals surface area contributed by atoms with E-state index in [0.29, 0.717) is 0 Å². The predicted octanol–water partition coefficient (Wildman–Crippen LogP) is -3.63. The molecule has 0 aromatic rings. The number of hydrazone groups is 1. The first-order valence-electron chi connectivity index (χ1n) is 4.89. The number of hydrogen-bond donors (Lipinski definition) is 4. The molecule has 0 bridgehead atoms. The summed E-state index contributed by atoms with van der Waals surface area (Å²) in [6.45, 7) is 1.95. The fourth-order valence-electron chi connectivity index (χ4n) is 1.27. The quantitative estimate of drug-likeness (QED) is 0.370. The highest BCUT2D eigenvalue weighted by Crippen LogP contribution is 2.08. The molecule has 0 unspecified atom stereocenters. The van der Waals surface area contributed by atoms with Gasteiger partial charge in [-0.2, -0.15) is 5.10 Å². The number of quaternary nitrogens is 2. The van der Waals surface area contributed by atoms with Gasteiger partial charge in [-0.1, -0.05) is 0 Å². The topological polar surface area (TPSA) is 74.5 Å². The van der Waals surface area contributed by atoms with Crippen LogP contribution in [0.15, 0.2) is 5.10 Å². The molecule has 0 saturated heterocycles. The van der Waals surface area contributed by atoms with Crippen molar-refractivity contribution in [3.05, 3.63) is 0 Å². The molecule has 1 rings (SSSR count). The molecule has 1 heterocycles. The Morgan fingerprint density at radius 1 is 1.67 bits per heavy atom. The maximum atomic E-state index is 11.2. The summed E-state index contributed by atoms with van der Waals surface area (Å²) in [5.41, 5.74) is 2.92. The van der Waals surface area contributed by atoms with Crippen LogP contribution in [-0.4, -0.2) is 50.7 Å². The molecule has 6 nitrogen and oxygen atoms in total. The molecule has 0 spiro atoms. The number of likely N-dealkylation sites (N-methyl/N-ethyl adjacent to an activating group) is 1. The number of hydrogen-bond acceptors (Lipinski definition) is 4. The van der Waals surface area contributed by atoms with Crippen LogP contribution in [0, 0.1) is 0 Å². The average Bonchev–Trinajstić information content (AvgIpc) is 2.17. The largest absolute Gasteiger partial charge is 0.335 e. The minimum absolute atomic E-state index is 0.156. The Hall–Kier alpha value is -0.790. The Labute approximate surface area is 93.8 Å². The number of nitrogens with two attached hydrogens (primary N) is 1. The molecule has 0 aromatic heterocycles. The van der Waals surface area contributed by atoms with Crippen LogP contribution in [0.5, 0.6) is 0 Å². The van der Waals surface area contributed by atoms with Gasteiger partial charge < -0.3 is 4.90 Å². The number of nitrogens with one attached hydrogen (secondary N) is 3. The van der Waals surface area contributed by atoms with Crippen molar-refractivity contribution >= 4 is 23.9 Å². The molecular formula is C8H19N5OS+2. The van der Waals surface area contributed by atoms with Gasteiger partial charge in [-0.05, 0) is 18.0 Å². The van der Waals surface area contributed by atoms with Gasteiger partial charge in [0.25, 0.3) is 5.91 Å². The van der Waals surface area contributed by atoms with E-state index in [-0.39, 0.29) is 5.91 Å². The van der Waals surface area contributed by atoms with Gasteiger partial charge in [0, 0.05) is 0 Å². The Balaban J connectivity index is 2.46. The van der Waals surface area contributed by atoms with E-state index in [1.807, 2.05) is 6.26 Å². The summed E-state index contributed by atoms with van der Waals surface area (Å²) < 4.78 is 0. The summed E-state index contributed by atoms with van der Waals surface area (Å²) in [4.78, 5) is 12.6. The molecule has 0 aromatic carbocycles. The number of thioether (sulfide) groups is 1. The van der Waals surface area contributed by atoms with Crippen molar-refractivity contribution in [2.75, 3.05) is 33.4 Å². The number of carbonyl (C=O) groups excluding carboxylic acids is 1. The van der Waals surface area contributed by atoms with Crippen molar-refractivity contribution in [2.45, 2.75) is 5.12 Å². The second kappa shape index (κ2) is 5.34. The van der Waals surface area contributed by atoms with Crippen molar-refractivity contribution in [1.29, 1.82) is 0 Å². The minimum atomic E-state index is -0.540. The van der Waals surface area contributed by atoms with Gasteiger partial charge in [-0.15, -0.1) is 0 Å². The maximum Gasteiger partial charge on any atom is 0.316 e. The molecule has 15 heavy (non-hydrogen) atoms. The zero-order chi connectivity index (χ0) is 11.3. The Bertz CT molecular complexity index is 257. The number of amides is 1. The molecule has 0 radical (unpaired) electrons. The number of carbonyl (C=O) groups is 1. The summed E-state index contributed by atoms with van der Waals surface area (Å²) in [6.07, 6.45) is 3.19. The van der Waals surface area contributed by atoms with Crippen molar-refractivity contribution < 1.29 is 15.0 Å².